The van der Waals surface area contributed by atoms with Crippen LogP contribution in [0.3, 0.4) is 0 Å². The zero-order chi connectivity index (χ0) is 11.1. The summed E-state index contributed by atoms with van der Waals surface area (Å²) in [4.78, 5) is 2.64. The van der Waals surface area contributed by atoms with Crippen LogP contribution in [0.25, 0.3) is 10.4 Å². The third kappa shape index (κ3) is 4.26. The van der Waals surface area contributed by atoms with E-state index in [1.165, 1.54) is 0 Å². The summed E-state index contributed by atoms with van der Waals surface area (Å²) in [5, 5.41) is 4.00. The lowest BCUT2D eigenvalue weighted by molar-refractivity contribution is 1.01. The summed E-state index contributed by atoms with van der Waals surface area (Å²) < 4.78 is 0.936. The van der Waals surface area contributed by atoms with Crippen molar-refractivity contribution < 1.29 is 0 Å². The standard InChI is InChI=1S/C10H7BrClN3/c11-9-4-5-10(12)8(7-9)3-1-2-6-14-15-13/h4-5,7H,2,6H2. The lowest BCUT2D eigenvalue weighted by Gasteiger charge is -1.95. The zero-order valence-electron chi connectivity index (χ0n) is 7.74. The number of hydrogen-bond donors (Lipinski definition) is 0. The molecule has 0 saturated heterocycles. The molecule has 0 aliphatic rings. The van der Waals surface area contributed by atoms with Crippen LogP contribution in [0.5, 0.6) is 0 Å². The highest BCUT2D eigenvalue weighted by Crippen LogP contribution is 2.19. The minimum atomic E-state index is 0.384. The molecule has 1 aromatic carbocycles. The quantitative estimate of drug-likeness (QED) is 0.257. The summed E-state index contributed by atoms with van der Waals surface area (Å²) in [6, 6.07) is 5.49. The Morgan fingerprint density at radius 1 is 1.53 bits per heavy atom. The monoisotopic (exact) mass is 283 g/mol. The fourth-order valence-electron chi connectivity index (χ4n) is 0.902. The van der Waals surface area contributed by atoms with Gasteiger partial charge in [0.1, 0.15) is 0 Å². The first-order chi connectivity index (χ1) is 7.24. The molecule has 0 spiro atoms. The van der Waals surface area contributed by atoms with Gasteiger partial charge in [0.25, 0.3) is 0 Å². The molecule has 0 heterocycles. The molecule has 1 rings (SSSR count). The van der Waals surface area contributed by atoms with Crippen LogP contribution in [0, 0.1) is 11.8 Å². The van der Waals surface area contributed by atoms with Gasteiger partial charge in [-0.25, -0.2) is 0 Å². The second-order valence-corrected chi connectivity index (χ2v) is 3.95. The fourth-order valence-corrected chi connectivity index (χ4v) is 1.43. The van der Waals surface area contributed by atoms with Crippen molar-refractivity contribution in [3.8, 4) is 11.8 Å². The van der Waals surface area contributed by atoms with Crippen molar-refractivity contribution in [2.24, 2.45) is 5.11 Å². The Morgan fingerprint density at radius 3 is 3.07 bits per heavy atom. The van der Waals surface area contributed by atoms with E-state index in [0.717, 1.165) is 10.0 Å². The average molecular weight is 285 g/mol. The number of hydrogen-bond acceptors (Lipinski definition) is 1. The molecule has 76 valence electrons. The number of benzene rings is 1. The van der Waals surface area contributed by atoms with E-state index in [1.807, 2.05) is 12.1 Å². The second-order valence-electron chi connectivity index (χ2n) is 2.63. The van der Waals surface area contributed by atoms with E-state index in [1.54, 1.807) is 6.07 Å². The smallest absolute Gasteiger partial charge is 0.0563 e. The molecule has 3 nitrogen and oxygen atoms in total. The molecule has 1 aromatic rings. The summed E-state index contributed by atoms with van der Waals surface area (Å²) in [7, 11) is 0. The van der Waals surface area contributed by atoms with Crippen LogP contribution >= 0.6 is 27.5 Å². The van der Waals surface area contributed by atoms with Crippen molar-refractivity contribution in [2.75, 3.05) is 6.54 Å². The van der Waals surface area contributed by atoms with Crippen molar-refractivity contribution in [3.63, 3.8) is 0 Å². The summed E-state index contributed by atoms with van der Waals surface area (Å²) in [6.07, 6.45) is 0.535. The van der Waals surface area contributed by atoms with Gasteiger partial charge in [0.2, 0.25) is 0 Å². The molecule has 0 radical (unpaired) electrons. The highest BCUT2D eigenvalue weighted by Gasteiger charge is 1.96. The van der Waals surface area contributed by atoms with Crippen LogP contribution in [0.2, 0.25) is 5.02 Å². The largest absolute Gasteiger partial charge is 0.0977 e. The Morgan fingerprint density at radius 2 is 2.33 bits per heavy atom. The molecular formula is C10H7BrClN3. The van der Waals surface area contributed by atoms with Crippen LogP contribution < -0.4 is 0 Å². The number of halogens is 2. The average Bonchev–Trinajstić information content (AvgIpc) is 2.23. The first-order valence-corrected chi connectivity index (χ1v) is 5.36. The van der Waals surface area contributed by atoms with Crippen LogP contribution in [0.1, 0.15) is 12.0 Å². The van der Waals surface area contributed by atoms with Gasteiger partial charge >= 0.3 is 0 Å². The van der Waals surface area contributed by atoms with Crippen molar-refractivity contribution in [1.29, 1.82) is 0 Å². The first-order valence-electron chi connectivity index (χ1n) is 4.19. The molecule has 0 fully saturated rings. The predicted molar refractivity (Wildman–Crippen MR) is 64.7 cm³/mol. The zero-order valence-corrected chi connectivity index (χ0v) is 10.1. The van der Waals surface area contributed by atoms with Crippen molar-refractivity contribution >= 4 is 27.5 Å². The Hall–Kier alpha value is -1.14. The minimum Gasteiger partial charge on any atom is -0.0977 e. The van der Waals surface area contributed by atoms with Gasteiger partial charge in [-0.2, -0.15) is 0 Å². The maximum atomic E-state index is 8.05. The summed E-state index contributed by atoms with van der Waals surface area (Å²) >= 11 is 9.27. The topological polar surface area (TPSA) is 48.8 Å². The molecule has 0 unspecified atom stereocenters. The van der Waals surface area contributed by atoms with E-state index in [2.05, 4.69) is 37.8 Å². The van der Waals surface area contributed by atoms with Crippen molar-refractivity contribution in [3.05, 3.63) is 43.7 Å². The fraction of sp³-hybridized carbons (Fsp3) is 0.200. The Labute approximate surface area is 101 Å². The molecule has 0 aromatic heterocycles. The lowest BCUT2D eigenvalue weighted by Crippen LogP contribution is -1.78. The maximum Gasteiger partial charge on any atom is 0.0563 e. The van der Waals surface area contributed by atoms with Crippen LogP contribution in [0.15, 0.2) is 27.8 Å². The van der Waals surface area contributed by atoms with E-state index in [9.17, 15) is 0 Å². The lowest BCUT2D eigenvalue weighted by atomic mass is 10.2. The molecular weight excluding hydrogens is 277 g/mol. The number of azide groups is 1. The Bertz CT molecular complexity index is 455. The SMILES string of the molecule is [N-]=[N+]=NCCC#Cc1cc(Br)ccc1Cl. The third-order valence-corrected chi connectivity index (χ3v) is 2.37. The maximum absolute atomic E-state index is 8.05. The van der Waals surface area contributed by atoms with Gasteiger partial charge in [-0.05, 0) is 23.7 Å². The highest BCUT2D eigenvalue weighted by molar-refractivity contribution is 9.10. The van der Waals surface area contributed by atoms with Gasteiger partial charge in [-0.3, -0.25) is 0 Å². The van der Waals surface area contributed by atoms with Gasteiger partial charge in [-0.15, -0.1) is 0 Å². The van der Waals surface area contributed by atoms with E-state index in [0.29, 0.717) is 18.0 Å². The molecule has 0 atom stereocenters. The highest BCUT2D eigenvalue weighted by atomic mass is 79.9. The normalized spacial score (nSPS) is 8.67. The molecule has 0 aliphatic heterocycles. The Balaban J connectivity index is 2.70. The van der Waals surface area contributed by atoms with E-state index >= 15 is 0 Å². The van der Waals surface area contributed by atoms with E-state index in [-0.39, 0.29) is 0 Å². The summed E-state index contributed by atoms with van der Waals surface area (Å²) in [6.45, 7) is 0.384. The Kier molecular flexibility index (Phi) is 5.06. The number of nitrogens with zero attached hydrogens (tertiary/aromatic N) is 3. The third-order valence-electron chi connectivity index (χ3n) is 1.55. The first kappa shape index (κ1) is 11.9. The predicted octanol–water partition coefficient (Wildman–Crippen LogP) is 4.15. The van der Waals surface area contributed by atoms with Gasteiger partial charge in [-0.1, -0.05) is 44.5 Å². The van der Waals surface area contributed by atoms with Crippen molar-refractivity contribution in [2.45, 2.75) is 6.42 Å². The van der Waals surface area contributed by atoms with Crippen LogP contribution in [-0.2, 0) is 0 Å². The van der Waals surface area contributed by atoms with Crippen LogP contribution in [0.4, 0.5) is 0 Å². The molecule has 5 heteroatoms. The molecule has 0 N–H and O–H groups in total. The van der Waals surface area contributed by atoms with Gasteiger partial charge < -0.3 is 0 Å². The molecule has 0 aliphatic carbocycles. The molecule has 0 saturated carbocycles. The molecule has 0 amide bonds. The van der Waals surface area contributed by atoms with Crippen LogP contribution in [-0.4, -0.2) is 6.54 Å². The van der Waals surface area contributed by atoms with Crippen molar-refractivity contribution in [1.82, 2.24) is 0 Å². The molecule has 0 bridgehead atoms. The van der Waals surface area contributed by atoms with E-state index in [4.69, 9.17) is 17.1 Å². The summed E-state index contributed by atoms with van der Waals surface area (Å²) in [5.41, 5.74) is 8.82. The number of rotatable bonds is 2. The van der Waals surface area contributed by atoms with Gasteiger partial charge in [0.05, 0.1) is 5.02 Å². The minimum absolute atomic E-state index is 0.384. The van der Waals surface area contributed by atoms with Gasteiger partial charge in [0, 0.05) is 27.9 Å². The summed E-state index contributed by atoms with van der Waals surface area (Å²) in [5.74, 6) is 5.80. The molecule has 15 heavy (non-hydrogen) atoms. The van der Waals surface area contributed by atoms with Gasteiger partial charge in [0.15, 0.2) is 0 Å². The van der Waals surface area contributed by atoms with E-state index < -0.39 is 0 Å². The second kappa shape index (κ2) is 6.36.